The molecule has 2 aromatic rings. The molecule has 6 heteroatoms. The van der Waals surface area contributed by atoms with Gasteiger partial charge in [-0.1, -0.05) is 42.5 Å². The van der Waals surface area contributed by atoms with Crippen molar-refractivity contribution in [3.05, 3.63) is 65.7 Å². The van der Waals surface area contributed by atoms with Gasteiger partial charge in [0.05, 0.1) is 19.2 Å². The van der Waals surface area contributed by atoms with Crippen molar-refractivity contribution in [1.82, 2.24) is 10.7 Å². The quantitative estimate of drug-likeness (QED) is 0.594. The van der Waals surface area contributed by atoms with E-state index in [0.717, 1.165) is 16.8 Å². The van der Waals surface area contributed by atoms with E-state index in [2.05, 4.69) is 15.8 Å². The molecule has 2 aromatic carbocycles. The summed E-state index contributed by atoms with van der Waals surface area (Å²) in [6.07, 6.45) is 1.80. The first kappa shape index (κ1) is 18.2. The number of carbonyl (C=O) groups excluding carboxylic acids is 2. The van der Waals surface area contributed by atoms with Crippen molar-refractivity contribution in [2.75, 3.05) is 25.5 Å². The van der Waals surface area contributed by atoms with E-state index in [4.69, 9.17) is 0 Å². The minimum absolute atomic E-state index is 0.109. The Labute approximate surface area is 147 Å². The Morgan fingerprint density at radius 2 is 1.68 bits per heavy atom. The van der Waals surface area contributed by atoms with E-state index in [1.54, 1.807) is 6.21 Å². The number of rotatable bonds is 7. The second-order valence-electron chi connectivity index (χ2n) is 5.72. The number of benzene rings is 2. The predicted molar refractivity (Wildman–Crippen MR) is 99.7 cm³/mol. The molecule has 0 saturated heterocycles. The van der Waals surface area contributed by atoms with Gasteiger partial charge in [0, 0.05) is 19.8 Å². The van der Waals surface area contributed by atoms with Crippen LogP contribution in [-0.4, -0.2) is 38.7 Å². The first-order valence-corrected chi connectivity index (χ1v) is 7.94. The number of nitrogens with one attached hydrogen (secondary N) is 2. The maximum absolute atomic E-state index is 11.8. The molecule has 6 nitrogen and oxygen atoms in total. The minimum Gasteiger partial charge on any atom is -0.378 e. The van der Waals surface area contributed by atoms with Gasteiger partial charge in [-0.05, 0) is 23.3 Å². The lowest BCUT2D eigenvalue weighted by Gasteiger charge is -2.11. The van der Waals surface area contributed by atoms with Gasteiger partial charge < -0.3 is 10.2 Å². The van der Waals surface area contributed by atoms with Crippen LogP contribution in [0.25, 0.3) is 0 Å². The number of hydrazone groups is 1. The van der Waals surface area contributed by atoms with Gasteiger partial charge in [0.15, 0.2) is 0 Å². The van der Waals surface area contributed by atoms with Gasteiger partial charge in [-0.25, -0.2) is 5.43 Å². The summed E-state index contributed by atoms with van der Waals surface area (Å²) in [6.45, 7) is -0.109. The van der Waals surface area contributed by atoms with Gasteiger partial charge in [0.2, 0.25) is 5.91 Å². The fourth-order valence-electron chi connectivity index (χ4n) is 2.10. The van der Waals surface area contributed by atoms with Gasteiger partial charge in [0.1, 0.15) is 0 Å². The van der Waals surface area contributed by atoms with Crippen LogP contribution in [-0.2, 0) is 16.0 Å². The molecule has 130 valence electrons. The highest BCUT2D eigenvalue weighted by Gasteiger charge is 2.05. The predicted octanol–water partition coefficient (Wildman–Crippen LogP) is 1.56. The molecule has 2 amide bonds. The van der Waals surface area contributed by atoms with Crippen molar-refractivity contribution in [2.45, 2.75) is 6.42 Å². The third-order valence-electron chi connectivity index (χ3n) is 3.47. The summed E-state index contributed by atoms with van der Waals surface area (Å²) in [5.74, 6) is -0.577. The third kappa shape index (κ3) is 6.47. The Balaban J connectivity index is 1.72. The summed E-state index contributed by atoms with van der Waals surface area (Å²) in [7, 11) is 3.94. The SMILES string of the molecule is CN(C)c1ccc(C=NNC(=O)CNC(=O)Cc2ccccc2)cc1. The summed E-state index contributed by atoms with van der Waals surface area (Å²) in [4.78, 5) is 25.5. The number of hydrogen-bond acceptors (Lipinski definition) is 4. The zero-order chi connectivity index (χ0) is 18.1. The smallest absolute Gasteiger partial charge is 0.259 e. The average Bonchev–Trinajstić information content (AvgIpc) is 2.61. The Kier molecular flexibility index (Phi) is 6.71. The van der Waals surface area contributed by atoms with E-state index in [9.17, 15) is 9.59 Å². The lowest BCUT2D eigenvalue weighted by Crippen LogP contribution is -2.35. The summed E-state index contributed by atoms with van der Waals surface area (Å²) in [6, 6.07) is 17.1. The van der Waals surface area contributed by atoms with E-state index >= 15 is 0 Å². The lowest BCUT2D eigenvalue weighted by molar-refractivity contribution is -0.125. The van der Waals surface area contributed by atoms with Crippen LogP contribution in [0.15, 0.2) is 59.7 Å². The van der Waals surface area contributed by atoms with Crippen LogP contribution < -0.4 is 15.6 Å². The largest absolute Gasteiger partial charge is 0.378 e. The topological polar surface area (TPSA) is 73.8 Å². The number of nitrogens with zero attached hydrogens (tertiary/aromatic N) is 2. The molecule has 0 spiro atoms. The molecule has 2 N–H and O–H groups in total. The van der Waals surface area contributed by atoms with Crippen LogP contribution in [0.3, 0.4) is 0 Å². The summed E-state index contributed by atoms with van der Waals surface area (Å²) >= 11 is 0. The van der Waals surface area contributed by atoms with E-state index in [1.807, 2.05) is 73.6 Å². The molecule has 0 aliphatic rings. The monoisotopic (exact) mass is 338 g/mol. The molecular formula is C19H22N4O2. The maximum Gasteiger partial charge on any atom is 0.259 e. The summed E-state index contributed by atoms with van der Waals surface area (Å²) < 4.78 is 0. The highest BCUT2D eigenvalue weighted by Crippen LogP contribution is 2.10. The van der Waals surface area contributed by atoms with Crippen LogP contribution in [0.1, 0.15) is 11.1 Å². The molecule has 0 fully saturated rings. The van der Waals surface area contributed by atoms with Crippen LogP contribution >= 0.6 is 0 Å². The van der Waals surface area contributed by atoms with Gasteiger partial charge in [-0.15, -0.1) is 0 Å². The van der Waals surface area contributed by atoms with E-state index in [0.29, 0.717) is 0 Å². The van der Waals surface area contributed by atoms with Crippen molar-refractivity contribution < 1.29 is 9.59 Å². The van der Waals surface area contributed by atoms with E-state index < -0.39 is 0 Å². The number of amides is 2. The molecule has 0 unspecified atom stereocenters. The average molecular weight is 338 g/mol. The normalized spacial score (nSPS) is 10.5. The van der Waals surface area contributed by atoms with Crippen LogP contribution in [0.4, 0.5) is 5.69 Å². The summed E-state index contributed by atoms with van der Waals surface area (Å²) in [5, 5.41) is 6.46. The minimum atomic E-state index is -0.373. The molecule has 0 atom stereocenters. The molecule has 0 radical (unpaired) electrons. The fraction of sp³-hybridized carbons (Fsp3) is 0.211. The van der Waals surface area contributed by atoms with Crippen LogP contribution in [0.2, 0.25) is 0 Å². The van der Waals surface area contributed by atoms with Crippen molar-refractivity contribution in [3.8, 4) is 0 Å². The molecule has 0 saturated carbocycles. The second-order valence-corrected chi connectivity index (χ2v) is 5.72. The first-order chi connectivity index (χ1) is 12.0. The van der Waals surface area contributed by atoms with Crippen molar-refractivity contribution >= 4 is 23.7 Å². The number of carbonyl (C=O) groups is 2. The van der Waals surface area contributed by atoms with Gasteiger partial charge in [-0.3, -0.25) is 9.59 Å². The molecule has 0 aliphatic carbocycles. The molecule has 0 heterocycles. The highest BCUT2D eigenvalue weighted by molar-refractivity contribution is 5.87. The van der Waals surface area contributed by atoms with Crippen molar-refractivity contribution in [3.63, 3.8) is 0 Å². The van der Waals surface area contributed by atoms with E-state index in [-0.39, 0.29) is 24.8 Å². The van der Waals surface area contributed by atoms with Crippen molar-refractivity contribution in [1.29, 1.82) is 0 Å². The Morgan fingerprint density at radius 1 is 1.00 bits per heavy atom. The molecule has 0 bridgehead atoms. The third-order valence-corrected chi connectivity index (χ3v) is 3.47. The lowest BCUT2D eigenvalue weighted by atomic mass is 10.1. The Hall–Kier alpha value is -3.15. The Morgan fingerprint density at radius 3 is 2.32 bits per heavy atom. The molecular weight excluding hydrogens is 316 g/mol. The molecule has 0 aliphatic heterocycles. The van der Waals surface area contributed by atoms with Gasteiger partial charge in [-0.2, -0.15) is 5.10 Å². The standard InChI is InChI=1S/C19H22N4O2/c1-23(2)17-10-8-16(9-11-17)13-21-22-19(25)14-20-18(24)12-15-6-4-3-5-7-15/h3-11,13H,12,14H2,1-2H3,(H,20,24)(H,22,25). The number of anilines is 1. The van der Waals surface area contributed by atoms with Crippen molar-refractivity contribution in [2.24, 2.45) is 5.10 Å². The Bertz CT molecular complexity index is 725. The molecule has 2 rings (SSSR count). The van der Waals surface area contributed by atoms with E-state index in [1.165, 1.54) is 0 Å². The fourth-order valence-corrected chi connectivity index (χ4v) is 2.10. The summed E-state index contributed by atoms with van der Waals surface area (Å²) in [5.41, 5.74) is 5.26. The second kappa shape index (κ2) is 9.22. The van der Waals surface area contributed by atoms with Gasteiger partial charge in [0.25, 0.3) is 5.91 Å². The maximum atomic E-state index is 11.8. The molecule has 0 aromatic heterocycles. The van der Waals surface area contributed by atoms with Crippen LogP contribution in [0.5, 0.6) is 0 Å². The molecule has 25 heavy (non-hydrogen) atoms. The zero-order valence-corrected chi connectivity index (χ0v) is 14.4. The number of hydrogen-bond donors (Lipinski definition) is 2. The van der Waals surface area contributed by atoms with Gasteiger partial charge >= 0.3 is 0 Å². The van der Waals surface area contributed by atoms with Crippen LogP contribution in [0, 0.1) is 0 Å². The zero-order valence-electron chi connectivity index (χ0n) is 14.4. The highest BCUT2D eigenvalue weighted by atomic mass is 16.2. The first-order valence-electron chi connectivity index (χ1n) is 7.94.